The summed E-state index contributed by atoms with van der Waals surface area (Å²) in [6.45, 7) is 3.44. The molecule has 1 aromatic rings. The summed E-state index contributed by atoms with van der Waals surface area (Å²) in [4.78, 5) is 2.03. The van der Waals surface area contributed by atoms with Crippen molar-refractivity contribution in [1.29, 1.82) is 0 Å². The molecule has 0 bridgehead atoms. The van der Waals surface area contributed by atoms with Crippen LogP contribution >= 0.6 is 0 Å². The number of anilines is 1. The lowest BCUT2D eigenvalue weighted by molar-refractivity contribution is -0.138. The molecule has 2 nitrogen and oxygen atoms in total. The lowest BCUT2D eigenvalue weighted by Crippen LogP contribution is -2.32. The Kier molecular flexibility index (Phi) is 4.58. The molecule has 112 valence electrons. The maximum atomic E-state index is 13.0. The van der Waals surface area contributed by atoms with Crippen LogP contribution in [0.15, 0.2) is 18.2 Å². The summed E-state index contributed by atoms with van der Waals surface area (Å²) < 4.78 is 39.1. The van der Waals surface area contributed by atoms with Crippen LogP contribution in [-0.2, 0) is 12.7 Å². The summed E-state index contributed by atoms with van der Waals surface area (Å²) in [5, 5.41) is 0. The summed E-state index contributed by atoms with van der Waals surface area (Å²) in [5.74, 6) is 0.624. The lowest BCUT2D eigenvalue weighted by atomic mass is 9.85. The van der Waals surface area contributed by atoms with E-state index in [1.165, 1.54) is 31.4 Å². The Morgan fingerprint density at radius 2 is 2.00 bits per heavy atom. The van der Waals surface area contributed by atoms with Crippen molar-refractivity contribution in [1.82, 2.24) is 0 Å². The van der Waals surface area contributed by atoms with Gasteiger partial charge in [0.25, 0.3) is 0 Å². The second-order valence-electron chi connectivity index (χ2n) is 5.38. The summed E-state index contributed by atoms with van der Waals surface area (Å²) in [7, 11) is 0. The van der Waals surface area contributed by atoms with Gasteiger partial charge in [-0.05, 0) is 43.4 Å². The van der Waals surface area contributed by atoms with Gasteiger partial charge in [-0.25, -0.2) is 0 Å². The first kappa shape index (κ1) is 15.2. The van der Waals surface area contributed by atoms with Gasteiger partial charge in [0, 0.05) is 25.3 Å². The van der Waals surface area contributed by atoms with Crippen molar-refractivity contribution in [2.75, 3.05) is 18.0 Å². The summed E-state index contributed by atoms with van der Waals surface area (Å²) >= 11 is 0. The Morgan fingerprint density at radius 1 is 1.30 bits per heavy atom. The van der Waals surface area contributed by atoms with Gasteiger partial charge < -0.3 is 10.6 Å². The fourth-order valence-corrected chi connectivity index (χ4v) is 2.61. The molecule has 0 radical (unpaired) electrons. The third-order valence-electron chi connectivity index (χ3n) is 4.07. The van der Waals surface area contributed by atoms with E-state index in [0.29, 0.717) is 11.6 Å². The first-order chi connectivity index (χ1) is 9.45. The van der Waals surface area contributed by atoms with E-state index in [0.717, 1.165) is 13.1 Å². The highest BCUT2D eigenvalue weighted by molar-refractivity contribution is 5.52. The Morgan fingerprint density at radius 3 is 2.45 bits per heavy atom. The van der Waals surface area contributed by atoms with Crippen molar-refractivity contribution in [2.45, 2.75) is 38.9 Å². The van der Waals surface area contributed by atoms with Crippen LogP contribution in [-0.4, -0.2) is 13.1 Å². The van der Waals surface area contributed by atoms with Crippen molar-refractivity contribution in [3.8, 4) is 0 Å². The van der Waals surface area contributed by atoms with Crippen LogP contribution in [0.4, 0.5) is 18.9 Å². The van der Waals surface area contributed by atoms with Crippen LogP contribution in [0.3, 0.4) is 0 Å². The first-order valence-corrected chi connectivity index (χ1v) is 7.10. The predicted molar refractivity (Wildman–Crippen MR) is 74.6 cm³/mol. The fraction of sp³-hybridized carbons (Fsp3) is 0.600. The topological polar surface area (TPSA) is 29.3 Å². The fourth-order valence-electron chi connectivity index (χ4n) is 2.61. The van der Waals surface area contributed by atoms with E-state index in [2.05, 4.69) is 0 Å². The smallest absolute Gasteiger partial charge is 0.372 e. The number of nitrogens with zero attached hydrogens (tertiary/aromatic N) is 1. The number of hydrogen-bond acceptors (Lipinski definition) is 2. The maximum absolute atomic E-state index is 13.0. The van der Waals surface area contributed by atoms with Gasteiger partial charge in [0.2, 0.25) is 0 Å². The quantitative estimate of drug-likeness (QED) is 0.892. The van der Waals surface area contributed by atoms with Gasteiger partial charge >= 0.3 is 6.18 Å². The predicted octanol–water partition coefficient (Wildman–Crippen LogP) is 3.79. The van der Waals surface area contributed by atoms with Gasteiger partial charge in [0.1, 0.15) is 0 Å². The average molecular weight is 286 g/mol. The number of rotatable bonds is 5. The number of benzene rings is 1. The normalized spacial score (nSPS) is 16.1. The van der Waals surface area contributed by atoms with Gasteiger partial charge in [-0.3, -0.25) is 0 Å². The Hall–Kier alpha value is -1.23. The van der Waals surface area contributed by atoms with Crippen molar-refractivity contribution < 1.29 is 13.2 Å². The van der Waals surface area contributed by atoms with E-state index in [-0.39, 0.29) is 12.1 Å². The molecule has 0 saturated heterocycles. The molecular weight excluding hydrogens is 265 g/mol. The Bertz CT molecular complexity index is 453. The number of hydrogen-bond donors (Lipinski definition) is 1. The molecular formula is C15H21F3N2. The van der Waals surface area contributed by atoms with E-state index >= 15 is 0 Å². The molecule has 0 spiro atoms. The molecule has 20 heavy (non-hydrogen) atoms. The zero-order chi connectivity index (χ0) is 14.8. The molecule has 1 saturated carbocycles. The molecule has 5 heteroatoms. The molecule has 0 amide bonds. The number of halogens is 3. The minimum atomic E-state index is -4.35. The number of nitrogens with two attached hydrogens (primary N) is 1. The van der Waals surface area contributed by atoms with Crippen molar-refractivity contribution >= 4 is 5.69 Å². The molecule has 1 aliphatic carbocycles. The highest BCUT2D eigenvalue weighted by Crippen LogP contribution is 2.35. The van der Waals surface area contributed by atoms with E-state index in [1.54, 1.807) is 6.07 Å². The standard InChI is InChI=1S/C15H21F3N2/c1-2-20(10-11-4-3-5-11)13-7-6-12(9-19)14(8-13)15(16,17)18/h6-8,11H,2-5,9-10,19H2,1H3. The minimum absolute atomic E-state index is 0.0934. The summed E-state index contributed by atoms with van der Waals surface area (Å²) in [5.41, 5.74) is 5.59. The largest absolute Gasteiger partial charge is 0.416 e. The summed E-state index contributed by atoms with van der Waals surface area (Å²) in [6, 6.07) is 4.49. The van der Waals surface area contributed by atoms with Crippen molar-refractivity contribution in [3.05, 3.63) is 29.3 Å². The zero-order valence-corrected chi connectivity index (χ0v) is 11.7. The maximum Gasteiger partial charge on any atom is 0.416 e. The lowest BCUT2D eigenvalue weighted by Gasteiger charge is -2.33. The van der Waals surface area contributed by atoms with Gasteiger partial charge in [-0.15, -0.1) is 0 Å². The molecule has 0 aromatic heterocycles. The molecule has 0 unspecified atom stereocenters. The van der Waals surface area contributed by atoms with Crippen molar-refractivity contribution in [2.24, 2.45) is 11.7 Å². The second-order valence-corrected chi connectivity index (χ2v) is 5.38. The Balaban J connectivity index is 2.26. The van der Waals surface area contributed by atoms with E-state index in [4.69, 9.17) is 5.73 Å². The molecule has 1 aromatic carbocycles. The monoisotopic (exact) mass is 286 g/mol. The van der Waals surface area contributed by atoms with Crippen LogP contribution in [0.5, 0.6) is 0 Å². The van der Waals surface area contributed by atoms with Gasteiger partial charge in [0.05, 0.1) is 5.56 Å². The number of alkyl halides is 3. The van der Waals surface area contributed by atoms with Gasteiger partial charge in [0.15, 0.2) is 0 Å². The van der Waals surface area contributed by atoms with E-state index < -0.39 is 11.7 Å². The molecule has 0 aliphatic heterocycles. The van der Waals surface area contributed by atoms with Gasteiger partial charge in [-0.1, -0.05) is 12.5 Å². The van der Waals surface area contributed by atoms with Crippen LogP contribution in [0.25, 0.3) is 0 Å². The molecule has 1 aliphatic rings. The third kappa shape index (κ3) is 3.26. The second kappa shape index (κ2) is 6.04. The molecule has 2 rings (SSSR count). The third-order valence-corrected chi connectivity index (χ3v) is 4.07. The SMILES string of the molecule is CCN(CC1CCC1)c1ccc(CN)c(C(F)(F)F)c1. The molecule has 0 atom stereocenters. The first-order valence-electron chi connectivity index (χ1n) is 7.10. The van der Waals surface area contributed by atoms with E-state index in [1.807, 2.05) is 11.8 Å². The zero-order valence-electron chi connectivity index (χ0n) is 11.7. The Labute approximate surface area is 117 Å². The highest BCUT2D eigenvalue weighted by Gasteiger charge is 2.33. The van der Waals surface area contributed by atoms with Crippen LogP contribution in [0, 0.1) is 5.92 Å². The van der Waals surface area contributed by atoms with Crippen LogP contribution in [0.1, 0.15) is 37.3 Å². The summed E-state index contributed by atoms with van der Waals surface area (Å²) in [6.07, 6.45) is -0.740. The van der Waals surface area contributed by atoms with Gasteiger partial charge in [-0.2, -0.15) is 13.2 Å². The minimum Gasteiger partial charge on any atom is -0.372 e. The molecule has 2 N–H and O–H groups in total. The van der Waals surface area contributed by atoms with Crippen LogP contribution in [0.2, 0.25) is 0 Å². The van der Waals surface area contributed by atoms with Crippen LogP contribution < -0.4 is 10.6 Å². The highest BCUT2D eigenvalue weighted by atomic mass is 19.4. The molecule has 0 heterocycles. The van der Waals surface area contributed by atoms with E-state index in [9.17, 15) is 13.2 Å². The van der Waals surface area contributed by atoms with Crippen molar-refractivity contribution in [3.63, 3.8) is 0 Å². The molecule has 1 fully saturated rings. The average Bonchev–Trinajstić information content (AvgIpc) is 2.36.